The number of hydrogen-bond donors (Lipinski definition) is 2. The molecule has 0 aliphatic rings. The molecule has 1 aromatic carbocycles. The van der Waals surface area contributed by atoms with Crippen molar-refractivity contribution in [2.75, 3.05) is 26.9 Å². The van der Waals surface area contributed by atoms with E-state index in [4.69, 9.17) is 9.47 Å². The molecule has 0 aromatic heterocycles. The second kappa shape index (κ2) is 8.91. The third-order valence-electron chi connectivity index (χ3n) is 2.46. The number of aliphatic hydroxyl groups is 1. The second-order valence-corrected chi connectivity index (χ2v) is 4.24. The smallest absolute Gasteiger partial charge is 0.119 e. The van der Waals surface area contributed by atoms with Crippen molar-refractivity contribution < 1.29 is 14.6 Å². The number of rotatable bonds is 9. The largest absolute Gasteiger partial charge is 0.491 e. The highest BCUT2D eigenvalue weighted by molar-refractivity contribution is 5.28. The zero-order valence-electron chi connectivity index (χ0n) is 11.2. The van der Waals surface area contributed by atoms with Crippen LogP contribution in [0.2, 0.25) is 0 Å². The van der Waals surface area contributed by atoms with Crippen LogP contribution < -0.4 is 10.1 Å². The molecule has 0 amide bonds. The minimum Gasteiger partial charge on any atom is -0.491 e. The molecule has 2 N–H and O–H groups in total. The topological polar surface area (TPSA) is 50.7 Å². The van der Waals surface area contributed by atoms with E-state index in [2.05, 4.69) is 18.3 Å². The molecule has 1 unspecified atom stereocenters. The summed E-state index contributed by atoms with van der Waals surface area (Å²) in [5, 5.41) is 12.8. The number of nitrogens with one attached hydrogen (secondary N) is 1. The maximum absolute atomic E-state index is 9.49. The molecule has 0 heterocycles. The highest BCUT2D eigenvalue weighted by atomic mass is 16.5. The number of ether oxygens (including phenoxy) is 2. The fraction of sp³-hybridized carbons (Fsp3) is 0.571. The van der Waals surface area contributed by atoms with Crippen LogP contribution in [0.5, 0.6) is 5.75 Å². The molecule has 0 aliphatic carbocycles. The molecule has 4 nitrogen and oxygen atoms in total. The van der Waals surface area contributed by atoms with Crippen LogP contribution in [0.1, 0.15) is 18.9 Å². The molecule has 0 bridgehead atoms. The highest BCUT2D eigenvalue weighted by Crippen LogP contribution is 2.13. The molecule has 1 atom stereocenters. The summed E-state index contributed by atoms with van der Waals surface area (Å²) in [6.45, 7) is 4.53. The maximum Gasteiger partial charge on any atom is 0.119 e. The quantitative estimate of drug-likeness (QED) is 0.656. The minimum atomic E-state index is -0.586. The summed E-state index contributed by atoms with van der Waals surface area (Å²) in [4.78, 5) is 0. The van der Waals surface area contributed by atoms with Gasteiger partial charge in [0, 0.05) is 13.7 Å². The van der Waals surface area contributed by atoms with Gasteiger partial charge in [0.2, 0.25) is 0 Å². The van der Waals surface area contributed by atoms with Crippen LogP contribution in [0.4, 0.5) is 0 Å². The van der Waals surface area contributed by atoms with Gasteiger partial charge >= 0.3 is 0 Å². The van der Waals surface area contributed by atoms with Crippen LogP contribution in [0.3, 0.4) is 0 Å². The average Bonchev–Trinajstić information content (AvgIpc) is 2.38. The van der Waals surface area contributed by atoms with Crippen LogP contribution in [0, 0.1) is 0 Å². The molecule has 0 saturated heterocycles. The highest BCUT2D eigenvalue weighted by Gasteiger charge is 2.04. The van der Waals surface area contributed by atoms with Crippen molar-refractivity contribution >= 4 is 0 Å². The average molecular weight is 253 g/mol. The van der Waals surface area contributed by atoms with E-state index in [1.54, 1.807) is 7.11 Å². The Morgan fingerprint density at radius 2 is 2.17 bits per heavy atom. The molecular formula is C14H23NO3. The number of hydrogen-bond acceptors (Lipinski definition) is 4. The van der Waals surface area contributed by atoms with Crippen LogP contribution in [-0.2, 0) is 11.3 Å². The van der Waals surface area contributed by atoms with Gasteiger partial charge in [-0.3, -0.25) is 0 Å². The van der Waals surface area contributed by atoms with Gasteiger partial charge in [-0.15, -0.1) is 0 Å². The Morgan fingerprint density at radius 3 is 2.89 bits per heavy atom. The van der Waals surface area contributed by atoms with Crippen LogP contribution in [0.25, 0.3) is 0 Å². The van der Waals surface area contributed by atoms with Gasteiger partial charge in [-0.25, -0.2) is 0 Å². The molecule has 4 heteroatoms. The number of methoxy groups -OCH3 is 1. The fourth-order valence-electron chi connectivity index (χ4n) is 1.59. The van der Waals surface area contributed by atoms with Crippen molar-refractivity contribution in [3.63, 3.8) is 0 Å². The van der Waals surface area contributed by atoms with E-state index in [9.17, 15) is 5.11 Å². The molecule has 0 aliphatic heterocycles. The SMILES string of the molecule is CCCNCc1cccc(OCC(O)COC)c1. The predicted molar refractivity (Wildman–Crippen MR) is 71.8 cm³/mol. The van der Waals surface area contributed by atoms with Gasteiger partial charge in [0.15, 0.2) is 0 Å². The third kappa shape index (κ3) is 6.00. The Bertz CT molecular complexity index is 331. The van der Waals surface area contributed by atoms with Gasteiger partial charge in [-0.05, 0) is 30.7 Å². The molecule has 18 heavy (non-hydrogen) atoms. The van der Waals surface area contributed by atoms with Gasteiger partial charge < -0.3 is 19.9 Å². The first-order chi connectivity index (χ1) is 8.76. The fourth-order valence-corrected chi connectivity index (χ4v) is 1.59. The maximum atomic E-state index is 9.49. The first-order valence-electron chi connectivity index (χ1n) is 6.35. The van der Waals surface area contributed by atoms with E-state index < -0.39 is 6.10 Å². The van der Waals surface area contributed by atoms with E-state index in [1.165, 1.54) is 5.56 Å². The second-order valence-electron chi connectivity index (χ2n) is 4.24. The van der Waals surface area contributed by atoms with Crippen molar-refractivity contribution in [2.45, 2.75) is 26.0 Å². The van der Waals surface area contributed by atoms with Crippen molar-refractivity contribution in [1.82, 2.24) is 5.32 Å². The lowest BCUT2D eigenvalue weighted by molar-refractivity contribution is 0.0325. The van der Waals surface area contributed by atoms with Gasteiger partial charge in [0.1, 0.15) is 18.5 Å². The summed E-state index contributed by atoms with van der Waals surface area (Å²) in [6, 6.07) is 7.90. The molecular weight excluding hydrogens is 230 g/mol. The van der Waals surface area contributed by atoms with E-state index in [1.807, 2.05) is 18.2 Å². The van der Waals surface area contributed by atoms with Crippen LogP contribution >= 0.6 is 0 Å². The minimum absolute atomic E-state index is 0.250. The van der Waals surface area contributed by atoms with Crippen LogP contribution in [-0.4, -0.2) is 38.1 Å². The summed E-state index contributed by atoms with van der Waals surface area (Å²) in [6.07, 6.45) is 0.538. The first kappa shape index (κ1) is 15.0. The molecule has 0 radical (unpaired) electrons. The Kier molecular flexibility index (Phi) is 7.41. The van der Waals surface area contributed by atoms with E-state index in [-0.39, 0.29) is 13.2 Å². The summed E-state index contributed by atoms with van der Waals surface area (Å²) in [5.74, 6) is 0.779. The normalized spacial score (nSPS) is 12.4. The zero-order chi connectivity index (χ0) is 13.2. The Hall–Kier alpha value is -1.10. The van der Waals surface area contributed by atoms with Gasteiger partial charge in [-0.1, -0.05) is 19.1 Å². The predicted octanol–water partition coefficient (Wildman–Crippen LogP) is 1.57. The molecule has 0 saturated carbocycles. The van der Waals surface area contributed by atoms with Crippen molar-refractivity contribution in [1.29, 1.82) is 0 Å². The van der Waals surface area contributed by atoms with E-state index in [0.717, 1.165) is 25.3 Å². The summed E-state index contributed by atoms with van der Waals surface area (Å²) in [7, 11) is 1.56. The van der Waals surface area contributed by atoms with Crippen molar-refractivity contribution in [3.8, 4) is 5.75 Å². The number of aliphatic hydroxyl groups excluding tert-OH is 1. The third-order valence-corrected chi connectivity index (χ3v) is 2.46. The van der Waals surface area contributed by atoms with Gasteiger partial charge in [0.25, 0.3) is 0 Å². The summed E-state index contributed by atoms with van der Waals surface area (Å²) in [5.41, 5.74) is 1.18. The van der Waals surface area contributed by atoms with E-state index >= 15 is 0 Å². The standard InChI is InChI=1S/C14H23NO3/c1-3-7-15-9-12-5-4-6-14(8-12)18-11-13(16)10-17-2/h4-6,8,13,15-16H,3,7,9-11H2,1-2H3. The molecule has 0 spiro atoms. The summed E-state index contributed by atoms with van der Waals surface area (Å²) < 4.78 is 10.4. The van der Waals surface area contributed by atoms with Gasteiger partial charge in [0.05, 0.1) is 6.61 Å². The van der Waals surface area contributed by atoms with Crippen molar-refractivity contribution in [3.05, 3.63) is 29.8 Å². The zero-order valence-corrected chi connectivity index (χ0v) is 11.2. The molecule has 0 fully saturated rings. The Balaban J connectivity index is 2.39. The van der Waals surface area contributed by atoms with Gasteiger partial charge in [-0.2, -0.15) is 0 Å². The Morgan fingerprint density at radius 1 is 1.33 bits per heavy atom. The van der Waals surface area contributed by atoms with E-state index in [0.29, 0.717) is 0 Å². The lowest BCUT2D eigenvalue weighted by atomic mass is 10.2. The first-order valence-corrected chi connectivity index (χ1v) is 6.35. The van der Waals surface area contributed by atoms with Crippen molar-refractivity contribution in [2.24, 2.45) is 0 Å². The molecule has 102 valence electrons. The Labute approximate surface area is 109 Å². The lowest BCUT2D eigenvalue weighted by Gasteiger charge is -2.12. The lowest BCUT2D eigenvalue weighted by Crippen LogP contribution is -2.22. The molecule has 1 rings (SSSR count). The van der Waals surface area contributed by atoms with Crippen LogP contribution in [0.15, 0.2) is 24.3 Å². The molecule has 1 aromatic rings. The summed E-state index contributed by atoms with van der Waals surface area (Å²) >= 11 is 0. The monoisotopic (exact) mass is 253 g/mol. The number of benzene rings is 1.